The van der Waals surface area contributed by atoms with Gasteiger partial charge in [0.25, 0.3) is 0 Å². The summed E-state index contributed by atoms with van der Waals surface area (Å²) in [5.74, 6) is -9.49. The first-order valence-electron chi connectivity index (χ1n) is 16.7. The summed E-state index contributed by atoms with van der Waals surface area (Å²) in [5, 5.41) is 36.7. The zero-order valence-electron chi connectivity index (χ0n) is 29.5. The molecule has 14 heteroatoms. The minimum atomic E-state index is -3.04. The van der Waals surface area contributed by atoms with E-state index in [1.54, 1.807) is 24.3 Å². The van der Waals surface area contributed by atoms with E-state index in [0.717, 1.165) is 20.8 Å². The molecule has 2 aromatic carbocycles. The molecule has 3 aliphatic rings. The van der Waals surface area contributed by atoms with E-state index in [0.29, 0.717) is 0 Å². The van der Waals surface area contributed by atoms with Crippen LogP contribution in [0.25, 0.3) is 0 Å². The van der Waals surface area contributed by atoms with E-state index in [1.165, 1.54) is 57.2 Å². The van der Waals surface area contributed by atoms with Crippen LogP contribution in [0.2, 0.25) is 0 Å². The fourth-order valence-corrected chi connectivity index (χ4v) is 7.45. The zero-order valence-corrected chi connectivity index (χ0v) is 29.5. The summed E-state index contributed by atoms with van der Waals surface area (Å²) >= 11 is 0. The van der Waals surface area contributed by atoms with Crippen LogP contribution in [0.1, 0.15) is 62.3 Å². The topological polar surface area (TPSA) is 213 Å². The molecule has 14 nitrogen and oxygen atoms in total. The molecule has 2 aromatic rings. The number of ether oxygens (including phenoxy) is 5. The molecule has 2 saturated carbocycles. The maximum absolute atomic E-state index is 14.8. The number of hydrogen-bond acceptors (Lipinski definition) is 14. The Labute approximate surface area is 299 Å². The Morgan fingerprint density at radius 1 is 0.750 bits per heavy atom. The van der Waals surface area contributed by atoms with Gasteiger partial charge in [-0.1, -0.05) is 63.7 Å². The number of carbonyl (C=O) groups excluding carboxylic acids is 6. The number of hydrogen-bond donors (Lipinski definition) is 3. The summed E-state index contributed by atoms with van der Waals surface area (Å²) in [7, 11) is 0. The number of epoxide rings is 1. The SMILES string of the molecule is C=C1[C@@H](OC(=O)c2ccccc2)[C@H]2[C@@H](OC(C)=O)[C@](C)(O)[C@H](OC(C)=O)[C@]2(O)C(=O)[C@H](C)[C@@H]2O[C@H]2C(C)(C)C(=O)[C@H](O)[C@H]1OC(=O)c1ccccc1. The predicted molar refractivity (Wildman–Crippen MR) is 178 cm³/mol. The van der Waals surface area contributed by atoms with Gasteiger partial charge in [0.2, 0.25) is 0 Å². The van der Waals surface area contributed by atoms with Crippen LogP contribution in [0, 0.1) is 17.3 Å². The first-order chi connectivity index (χ1) is 24.3. The first-order valence-corrected chi connectivity index (χ1v) is 16.7. The molecule has 0 radical (unpaired) electrons. The van der Waals surface area contributed by atoms with Gasteiger partial charge in [-0.3, -0.25) is 19.2 Å². The largest absolute Gasteiger partial charge is 0.459 e. The van der Waals surface area contributed by atoms with E-state index in [2.05, 4.69) is 6.58 Å². The highest BCUT2D eigenvalue weighted by Crippen LogP contribution is 2.54. The Balaban J connectivity index is 1.80. The summed E-state index contributed by atoms with van der Waals surface area (Å²) in [5.41, 5.74) is -7.72. The summed E-state index contributed by atoms with van der Waals surface area (Å²) in [4.78, 5) is 81.5. The number of carbonyl (C=O) groups is 6. The quantitative estimate of drug-likeness (QED) is 0.168. The molecule has 0 bridgehead atoms. The van der Waals surface area contributed by atoms with Gasteiger partial charge in [0.05, 0.1) is 34.7 Å². The van der Waals surface area contributed by atoms with Crippen molar-refractivity contribution in [1.29, 1.82) is 0 Å². The molecule has 3 N–H and O–H groups in total. The van der Waals surface area contributed by atoms with E-state index in [9.17, 15) is 44.1 Å². The second kappa shape index (κ2) is 14.0. The summed E-state index contributed by atoms with van der Waals surface area (Å²) < 4.78 is 28.6. The predicted octanol–water partition coefficient (Wildman–Crippen LogP) is 1.91. The highest BCUT2D eigenvalue weighted by atomic mass is 16.6. The van der Waals surface area contributed by atoms with Gasteiger partial charge in [-0.25, -0.2) is 9.59 Å². The lowest BCUT2D eigenvalue weighted by atomic mass is 9.70. The molecule has 0 aromatic heterocycles. The summed E-state index contributed by atoms with van der Waals surface area (Å²) in [6, 6.07) is 15.0. The molecule has 2 aliphatic carbocycles. The average molecular weight is 723 g/mol. The highest BCUT2D eigenvalue weighted by Gasteiger charge is 2.76. The third-order valence-electron chi connectivity index (χ3n) is 10.2. The number of fused-ring (bicyclic) bond motifs is 2. The maximum Gasteiger partial charge on any atom is 0.338 e. The Bertz CT molecular complexity index is 1770. The first kappa shape index (κ1) is 38.5. The normalized spacial score (nSPS) is 35.5. The molecule has 5 rings (SSSR count). The van der Waals surface area contributed by atoms with Gasteiger partial charge in [-0.05, 0) is 31.2 Å². The number of aliphatic hydroxyl groups is 3. The molecule has 1 aliphatic heterocycles. The molecule has 3 fully saturated rings. The zero-order chi connectivity index (χ0) is 38.5. The fourth-order valence-electron chi connectivity index (χ4n) is 7.45. The van der Waals surface area contributed by atoms with E-state index in [4.69, 9.17) is 23.7 Å². The van der Waals surface area contributed by atoms with E-state index in [-0.39, 0.29) is 11.1 Å². The van der Waals surface area contributed by atoms with Crippen LogP contribution in [-0.4, -0.2) is 105 Å². The van der Waals surface area contributed by atoms with Crippen molar-refractivity contribution in [2.45, 2.75) is 95.5 Å². The van der Waals surface area contributed by atoms with Gasteiger partial charge in [0.1, 0.15) is 17.8 Å². The van der Waals surface area contributed by atoms with Crippen molar-refractivity contribution in [2.75, 3.05) is 0 Å². The van der Waals surface area contributed by atoms with Crippen molar-refractivity contribution in [3.8, 4) is 0 Å². The molecule has 52 heavy (non-hydrogen) atoms. The van der Waals surface area contributed by atoms with Crippen LogP contribution in [0.3, 0.4) is 0 Å². The van der Waals surface area contributed by atoms with Crippen molar-refractivity contribution in [1.82, 2.24) is 0 Å². The molecule has 11 atom stereocenters. The van der Waals surface area contributed by atoms with Crippen LogP contribution >= 0.6 is 0 Å². The summed E-state index contributed by atoms with van der Waals surface area (Å²) in [6.45, 7) is 11.3. The lowest BCUT2D eigenvalue weighted by molar-refractivity contribution is -0.193. The highest BCUT2D eigenvalue weighted by molar-refractivity contribution is 5.95. The van der Waals surface area contributed by atoms with Crippen LogP contribution in [0.5, 0.6) is 0 Å². The third-order valence-corrected chi connectivity index (χ3v) is 10.2. The number of esters is 4. The minimum absolute atomic E-state index is 0.000709. The smallest absolute Gasteiger partial charge is 0.338 e. The standard InChI is InChI=1S/C38H42O14/c1-18-26(51-33(44)22-14-10-8-11-15-22)24-31(48-20(3)39)37(7,46)35(49-21(4)40)38(24,47)29(42)19(2)28-32(50-28)36(5,6)30(43)25(41)27(18)52-34(45)23-16-12-9-13-17-23/h8-17,19,24-28,31-32,35,41,46-47H,1H2,2-7H3/t19-,24+,25-,26-,27+,28+,31-,32-,35+,37+,38-/m1/s1. The second-order valence-electron chi connectivity index (χ2n) is 14.3. The van der Waals surface area contributed by atoms with Crippen LogP contribution in [0.15, 0.2) is 72.8 Å². The van der Waals surface area contributed by atoms with E-state index in [1.807, 2.05) is 0 Å². The number of aliphatic hydroxyl groups excluding tert-OH is 1. The third kappa shape index (κ3) is 6.67. The average Bonchev–Trinajstić information content (AvgIpc) is 3.90. The number of rotatable bonds is 6. The van der Waals surface area contributed by atoms with Gasteiger partial charge >= 0.3 is 23.9 Å². The lowest BCUT2D eigenvalue weighted by Crippen LogP contribution is -2.62. The molecule has 278 valence electrons. The van der Waals surface area contributed by atoms with Crippen LogP contribution in [0.4, 0.5) is 0 Å². The number of Topliss-reactive ketones (excluding diaryl/α,β-unsaturated/α-hetero) is 2. The Kier molecular flexibility index (Phi) is 10.4. The van der Waals surface area contributed by atoms with Gasteiger partial charge in [-0.2, -0.15) is 0 Å². The van der Waals surface area contributed by atoms with Crippen molar-refractivity contribution in [3.05, 3.63) is 83.9 Å². The second-order valence-corrected chi connectivity index (χ2v) is 14.3. The van der Waals surface area contributed by atoms with Crippen molar-refractivity contribution < 1.29 is 67.8 Å². The van der Waals surface area contributed by atoms with Crippen LogP contribution < -0.4 is 0 Å². The number of ketones is 2. The van der Waals surface area contributed by atoms with Crippen molar-refractivity contribution >= 4 is 35.4 Å². The van der Waals surface area contributed by atoms with Gasteiger partial charge in [0.15, 0.2) is 35.5 Å². The lowest BCUT2D eigenvalue weighted by Gasteiger charge is -2.41. The molecule has 1 saturated heterocycles. The molecular weight excluding hydrogens is 680 g/mol. The van der Waals surface area contributed by atoms with Gasteiger partial charge < -0.3 is 39.0 Å². The van der Waals surface area contributed by atoms with E-state index < -0.39 is 112 Å². The molecule has 0 amide bonds. The van der Waals surface area contributed by atoms with E-state index >= 15 is 0 Å². The molecule has 0 spiro atoms. The van der Waals surface area contributed by atoms with Crippen molar-refractivity contribution in [3.63, 3.8) is 0 Å². The van der Waals surface area contributed by atoms with Crippen LogP contribution in [-0.2, 0) is 42.9 Å². The Hall–Kier alpha value is -4.76. The monoisotopic (exact) mass is 722 g/mol. The Morgan fingerprint density at radius 3 is 1.71 bits per heavy atom. The van der Waals surface area contributed by atoms with Gasteiger partial charge in [-0.15, -0.1) is 0 Å². The summed E-state index contributed by atoms with van der Waals surface area (Å²) in [6.07, 6.45) is -12.5. The molecular formula is C38H42O14. The Morgan fingerprint density at radius 2 is 1.23 bits per heavy atom. The fraction of sp³-hybridized carbons (Fsp3) is 0.474. The van der Waals surface area contributed by atoms with Gasteiger partial charge in [0, 0.05) is 25.3 Å². The van der Waals surface area contributed by atoms with Crippen molar-refractivity contribution in [2.24, 2.45) is 17.3 Å². The number of benzene rings is 2. The maximum atomic E-state index is 14.8. The molecule has 0 unspecified atom stereocenters. The minimum Gasteiger partial charge on any atom is -0.459 e. The molecule has 1 heterocycles.